The van der Waals surface area contributed by atoms with Crippen LogP contribution in [0.1, 0.15) is 105 Å². The molecule has 3 amide bonds. The number of ether oxygens (including phenoxy) is 2. The van der Waals surface area contributed by atoms with Crippen molar-refractivity contribution < 1.29 is 49.0 Å². The molecule has 5 atom stereocenters. The second kappa shape index (κ2) is 14.3. The van der Waals surface area contributed by atoms with Gasteiger partial charge in [0.2, 0.25) is 21.8 Å². The lowest BCUT2D eigenvalue weighted by Crippen LogP contribution is -2.46. The first-order chi connectivity index (χ1) is 24.8. The van der Waals surface area contributed by atoms with Crippen molar-refractivity contribution in [1.29, 1.82) is 0 Å². The van der Waals surface area contributed by atoms with E-state index in [4.69, 9.17) is 12.2 Å². The highest BCUT2D eigenvalue weighted by Gasteiger charge is 2.61. The van der Waals surface area contributed by atoms with Gasteiger partial charge in [-0.05, 0) is 76.8 Å². The normalized spacial score (nSPS) is 30.7. The summed E-state index contributed by atoms with van der Waals surface area (Å²) < 4.78 is 70.7. The van der Waals surface area contributed by atoms with E-state index in [1.807, 2.05) is 0 Å². The van der Waals surface area contributed by atoms with Crippen LogP contribution in [0.5, 0.6) is 0 Å². The largest absolute Gasteiger partial charge is 0.460 e. The van der Waals surface area contributed by atoms with E-state index < -0.39 is 98.5 Å². The number of esters is 1. The lowest BCUT2D eigenvalue weighted by Gasteiger charge is -2.29. The van der Waals surface area contributed by atoms with E-state index in [9.17, 15) is 36.8 Å². The van der Waals surface area contributed by atoms with Gasteiger partial charge in [-0.1, -0.05) is 37.1 Å². The third kappa shape index (κ3) is 8.47. The third-order valence-corrected chi connectivity index (χ3v) is 12.2. The summed E-state index contributed by atoms with van der Waals surface area (Å²) in [6.07, 6.45) is 0.458. The van der Waals surface area contributed by atoms with Gasteiger partial charge < -0.3 is 14.4 Å². The molecule has 0 aromatic heterocycles. The average molecular weight is 732 g/mol. The van der Waals surface area contributed by atoms with E-state index in [2.05, 4.69) is 4.72 Å². The van der Waals surface area contributed by atoms with E-state index in [1.165, 1.54) is 15.9 Å². The molecule has 0 radical (unpaired) electrons. The van der Waals surface area contributed by atoms with Gasteiger partial charge in [0, 0.05) is 33.6 Å². The summed E-state index contributed by atoms with van der Waals surface area (Å²) in [7, 11) is -3.95. The molecule has 1 saturated heterocycles. The first-order valence-electron chi connectivity index (χ1n) is 18.8. The Kier molecular flexibility index (Phi) is 9.62. The summed E-state index contributed by atoms with van der Waals surface area (Å²) in [6.45, 7) is 4.99. The van der Waals surface area contributed by atoms with Gasteiger partial charge in [-0.2, -0.15) is 0 Å². The summed E-state index contributed by atoms with van der Waals surface area (Å²) in [5.41, 5.74) is -1.26. The van der Waals surface area contributed by atoms with Gasteiger partial charge in [0.1, 0.15) is 17.5 Å². The van der Waals surface area contributed by atoms with Gasteiger partial charge in [-0.15, -0.1) is 0 Å². The number of carbonyl (C=O) groups excluding carboxylic acids is 5. The summed E-state index contributed by atoms with van der Waals surface area (Å²) in [6, 6.07) is 3.41. The molecular formula is C37H48FN3O9S. The molecular weight excluding hydrogens is 681 g/mol. The maximum Gasteiger partial charge on any atom is 0.410 e. The zero-order valence-electron chi connectivity index (χ0n) is 31.3. The number of hydrogen-bond acceptors (Lipinski definition) is 9. The smallest absolute Gasteiger partial charge is 0.410 e. The molecule has 0 bridgehead atoms. The maximum atomic E-state index is 14.4. The van der Waals surface area contributed by atoms with Crippen LogP contribution in [0.25, 0.3) is 0 Å². The van der Waals surface area contributed by atoms with E-state index in [0.29, 0.717) is 24.0 Å². The number of Topliss-reactive ketones (excluding diaryl/α,β-unsaturated/α-hetero) is 1. The Labute approximate surface area is 301 Å². The summed E-state index contributed by atoms with van der Waals surface area (Å²) in [5.74, 6) is -4.53. The van der Waals surface area contributed by atoms with E-state index in [0.717, 1.165) is 0 Å². The van der Waals surface area contributed by atoms with Crippen LogP contribution in [0.4, 0.5) is 9.18 Å². The van der Waals surface area contributed by atoms with Crippen LogP contribution in [-0.4, -0.2) is 77.4 Å². The minimum Gasteiger partial charge on any atom is -0.460 e. The molecule has 3 fully saturated rings. The fourth-order valence-electron chi connectivity index (χ4n) is 7.43. The average Bonchev–Trinajstić information content (AvgIpc) is 3.93. The van der Waals surface area contributed by atoms with Crippen molar-refractivity contribution in [2.45, 2.75) is 127 Å². The topological polar surface area (TPSA) is 156 Å². The van der Waals surface area contributed by atoms with Crippen LogP contribution < -0.4 is 4.72 Å². The van der Waals surface area contributed by atoms with Crippen molar-refractivity contribution in [2.24, 2.45) is 17.3 Å². The van der Waals surface area contributed by atoms with E-state index >= 15 is 0 Å². The first kappa shape index (κ1) is 34.3. The molecule has 0 unspecified atom stereocenters. The number of nitrogens with zero attached hydrogens (tertiary/aromatic N) is 2. The summed E-state index contributed by atoms with van der Waals surface area (Å²) >= 11 is 0. The molecule has 0 spiro atoms. The van der Waals surface area contributed by atoms with Crippen LogP contribution >= 0.6 is 0 Å². The number of halogens is 1. The van der Waals surface area contributed by atoms with Crippen LogP contribution in [0.3, 0.4) is 0 Å². The Morgan fingerprint density at radius 1 is 1.12 bits per heavy atom. The van der Waals surface area contributed by atoms with E-state index in [1.54, 1.807) is 45.1 Å². The number of allylic oxidation sites excluding steroid dienone is 2. The fraction of sp³-hybridized carbons (Fsp3) is 0.649. The van der Waals surface area contributed by atoms with Gasteiger partial charge in [0.15, 0.2) is 5.78 Å². The minimum absolute atomic E-state index is 0.00324. The Hall–Kier alpha value is -3.81. The number of fused-ring (bicyclic) bond motifs is 3. The number of sulfonamides is 1. The predicted octanol–water partition coefficient (Wildman–Crippen LogP) is 4.69. The third-order valence-electron chi connectivity index (χ3n) is 10.4. The van der Waals surface area contributed by atoms with Gasteiger partial charge in [0.25, 0.3) is 0 Å². The number of rotatable bonds is 6. The zero-order valence-corrected chi connectivity index (χ0v) is 30.1. The molecule has 5 aliphatic rings. The second-order valence-electron chi connectivity index (χ2n) is 15.5. The molecule has 12 nitrogen and oxygen atoms in total. The first-order valence-corrected chi connectivity index (χ1v) is 19.3. The van der Waals surface area contributed by atoms with Crippen LogP contribution in [0.2, 0.25) is 0 Å². The Balaban J connectivity index is 1.28. The Morgan fingerprint density at radius 2 is 1.88 bits per heavy atom. The highest BCUT2D eigenvalue weighted by Crippen LogP contribution is 2.57. The molecule has 14 heteroatoms. The molecule has 1 aromatic carbocycles. The summed E-state index contributed by atoms with van der Waals surface area (Å²) in [4.78, 5) is 71.5. The molecule has 3 aliphatic heterocycles. The number of carbonyl (C=O) groups is 5. The van der Waals surface area contributed by atoms with E-state index in [-0.39, 0.29) is 64.6 Å². The number of nitrogens with one attached hydrogen (secondary N) is 1. The van der Waals surface area contributed by atoms with Crippen molar-refractivity contribution in [2.75, 3.05) is 6.54 Å². The maximum absolute atomic E-state index is 14.4. The molecule has 6 rings (SSSR count). The SMILES string of the molecule is [2H]C1([2H])C/C=C\[C@H]2C[C@@]2(C(=O)NS(=O)(=O)C2CC2)CC(=O)[C@@H]2C[C@@H](OC(=O)N3Cc4cccc(F)c4C3)CN2C(=O)[C@@H](CC(=O)OC(C)(C)C)CCC1. The van der Waals surface area contributed by atoms with Crippen molar-refractivity contribution in [1.82, 2.24) is 14.5 Å². The Bertz CT molecular complexity index is 1810. The molecule has 3 heterocycles. The molecule has 278 valence electrons. The Morgan fingerprint density at radius 3 is 2.59 bits per heavy atom. The molecule has 1 aromatic rings. The lowest BCUT2D eigenvalue weighted by atomic mass is 9.90. The van der Waals surface area contributed by atoms with Crippen molar-refractivity contribution >= 4 is 39.7 Å². The summed E-state index contributed by atoms with van der Waals surface area (Å²) in [5, 5.41) is -0.680. The highest BCUT2D eigenvalue weighted by molar-refractivity contribution is 7.90. The van der Waals surface area contributed by atoms with Gasteiger partial charge >= 0.3 is 12.1 Å². The monoisotopic (exact) mass is 731 g/mol. The molecule has 51 heavy (non-hydrogen) atoms. The number of ketones is 1. The van der Waals surface area contributed by atoms with Crippen molar-refractivity contribution in [3.05, 3.63) is 47.3 Å². The number of hydrogen-bond donors (Lipinski definition) is 1. The van der Waals surface area contributed by atoms with Crippen LogP contribution in [0.15, 0.2) is 30.4 Å². The van der Waals surface area contributed by atoms with Crippen molar-refractivity contribution in [3.8, 4) is 0 Å². The van der Waals surface area contributed by atoms with Gasteiger partial charge in [-0.3, -0.25) is 28.8 Å². The van der Waals surface area contributed by atoms with Gasteiger partial charge in [0.05, 0.1) is 36.2 Å². The zero-order chi connectivity index (χ0) is 38.5. The number of benzene rings is 1. The minimum atomic E-state index is -3.95. The quantitative estimate of drug-likeness (QED) is 0.324. The van der Waals surface area contributed by atoms with Crippen molar-refractivity contribution in [3.63, 3.8) is 0 Å². The standard InChI is InChI=1S/C37H48FN3O9S/c1-36(2,3)50-32(43)16-23-10-7-5-4-6-8-12-25-18-37(25,34(45)39-51(47,48)27-14-15-27)19-31(42)30-17-26(21-41(30)33(23)44)49-35(46)40-20-24-11-9-13-29(38)28(24)22-40/h8-9,11-13,23,25-27,30H,4-7,10,14-22H2,1-3H3,(H,39,45)/b12-8-/t23-,25+,26-,30+,37-/m1/s1/i4D2. The second-order valence-corrected chi connectivity index (χ2v) is 17.5. The van der Waals surface area contributed by atoms with Crippen LogP contribution in [0, 0.1) is 23.1 Å². The lowest BCUT2D eigenvalue weighted by molar-refractivity contribution is -0.159. The van der Waals surface area contributed by atoms with Crippen LogP contribution in [-0.2, 0) is 51.8 Å². The number of amides is 3. The molecule has 2 saturated carbocycles. The highest BCUT2D eigenvalue weighted by atomic mass is 32.2. The van der Waals surface area contributed by atoms with Gasteiger partial charge in [-0.25, -0.2) is 17.6 Å². The molecule has 1 N–H and O–H groups in total. The predicted molar refractivity (Wildman–Crippen MR) is 182 cm³/mol. The fourth-order valence-corrected chi connectivity index (χ4v) is 8.82. The molecule has 2 aliphatic carbocycles.